The monoisotopic (exact) mass is 440 g/mol. The summed E-state index contributed by atoms with van der Waals surface area (Å²) in [6, 6.07) is 4.40. The Bertz CT molecular complexity index is 994. The molecular weight excluding hydrogens is 419 g/mol. The van der Waals surface area contributed by atoms with Crippen LogP contribution in [0.4, 0.5) is 27.6 Å². The van der Waals surface area contributed by atoms with Gasteiger partial charge in [0.25, 0.3) is 5.91 Å². The molecule has 0 aliphatic carbocycles. The van der Waals surface area contributed by atoms with Gasteiger partial charge in [-0.15, -0.1) is 0 Å². The predicted molar refractivity (Wildman–Crippen MR) is 105 cm³/mol. The van der Waals surface area contributed by atoms with Gasteiger partial charge in [-0.3, -0.25) is 4.79 Å². The normalized spacial score (nSPS) is 15.1. The van der Waals surface area contributed by atoms with Crippen LogP contribution in [0.15, 0.2) is 42.6 Å². The summed E-state index contributed by atoms with van der Waals surface area (Å²) in [5, 5.41) is 11.8. The fraction of sp³-hybridized carbons (Fsp3) is 0.318. The molecular formula is C22H21F5N2O2. The fourth-order valence-corrected chi connectivity index (χ4v) is 3.40. The molecule has 0 unspecified atom stereocenters. The highest BCUT2D eigenvalue weighted by Gasteiger charge is 2.41. The number of allylic oxidation sites excluding steroid dienone is 1. The Morgan fingerprint density at radius 3 is 2.39 bits per heavy atom. The van der Waals surface area contributed by atoms with Crippen LogP contribution in [0.25, 0.3) is 0 Å². The van der Waals surface area contributed by atoms with Gasteiger partial charge in [0.1, 0.15) is 5.82 Å². The van der Waals surface area contributed by atoms with Crippen LogP contribution in [0.2, 0.25) is 0 Å². The average Bonchev–Trinajstić information content (AvgIpc) is 2.72. The van der Waals surface area contributed by atoms with Crippen LogP contribution < -0.4 is 5.32 Å². The number of nitrogens with one attached hydrogen (secondary N) is 1. The van der Waals surface area contributed by atoms with Crippen molar-refractivity contribution in [3.8, 4) is 0 Å². The molecule has 2 aromatic rings. The number of carbonyl (C=O) groups excluding carboxylic acids is 1. The van der Waals surface area contributed by atoms with E-state index in [0.717, 1.165) is 18.2 Å². The van der Waals surface area contributed by atoms with Crippen molar-refractivity contribution in [1.82, 2.24) is 4.90 Å². The lowest BCUT2D eigenvalue weighted by Crippen LogP contribution is -2.40. The van der Waals surface area contributed by atoms with Gasteiger partial charge >= 0.3 is 5.92 Å². The number of aryl methyl sites for hydroxylation is 1. The van der Waals surface area contributed by atoms with E-state index in [9.17, 15) is 23.1 Å². The van der Waals surface area contributed by atoms with Crippen molar-refractivity contribution in [3.63, 3.8) is 0 Å². The molecule has 1 aliphatic heterocycles. The summed E-state index contributed by atoms with van der Waals surface area (Å²) < 4.78 is 71.3. The van der Waals surface area contributed by atoms with E-state index < -0.39 is 46.6 Å². The number of nitrogens with zero attached hydrogens (tertiary/aromatic N) is 1. The van der Waals surface area contributed by atoms with E-state index in [-0.39, 0.29) is 42.7 Å². The minimum absolute atomic E-state index is 0.0513. The molecule has 9 heteroatoms. The number of carbonyl (C=O) groups is 1. The zero-order valence-corrected chi connectivity index (χ0v) is 16.7. The van der Waals surface area contributed by atoms with Crippen molar-refractivity contribution < 1.29 is 31.9 Å². The van der Waals surface area contributed by atoms with Crippen molar-refractivity contribution in [2.75, 3.05) is 18.4 Å². The van der Waals surface area contributed by atoms with E-state index >= 15 is 8.78 Å². The summed E-state index contributed by atoms with van der Waals surface area (Å²) in [6.45, 7) is 5.01. The summed E-state index contributed by atoms with van der Waals surface area (Å²) in [7, 11) is 0. The summed E-state index contributed by atoms with van der Waals surface area (Å²) in [5.74, 6) is -8.16. The molecule has 31 heavy (non-hydrogen) atoms. The average molecular weight is 440 g/mol. The van der Waals surface area contributed by atoms with Gasteiger partial charge in [-0.05, 0) is 49.6 Å². The molecule has 2 aromatic carbocycles. The van der Waals surface area contributed by atoms with Gasteiger partial charge < -0.3 is 15.3 Å². The Morgan fingerprint density at radius 2 is 1.77 bits per heavy atom. The van der Waals surface area contributed by atoms with Crippen molar-refractivity contribution in [1.29, 1.82) is 0 Å². The standard InChI is InChI=1S/C22H21F5N2O2/c1-12-9-15(11-19(24)20(12)25)28-21(31)14-3-4-18(23)17(10-14)22(26,27)13(2)29-7-5-16(30)6-8-29/h3-4,9-11,16,30H,2,5-8H2,1H3,(H,28,31). The number of amides is 1. The predicted octanol–water partition coefficient (Wildman–Crippen LogP) is 4.73. The molecule has 4 nitrogen and oxygen atoms in total. The summed E-state index contributed by atoms with van der Waals surface area (Å²) in [4.78, 5) is 13.7. The number of aliphatic hydroxyl groups excluding tert-OH is 1. The van der Waals surface area contributed by atoms with Crippen molar-refractivity contribution in [2.45, 2.75) is 31.8 Å². The van der Waals surface area contributed by atoms with E-state index in [1.807, 2.05) is 0 Å². The number of hydrogen-bond acceptors (Lipinski definition) is 3. The van der Waals surface area contributed by atoms with Gasteiger partial charge in [-0.2, -0.15) is 8.78 Å². The van der Waals surface area contributed by atoms with E-state index in [1.54, 1.807) is 0 Å². The third-order valence-electron chi connectivity index (χ3n) is 5.24. The number of aliphatic hydroxyl groups is 1. The molecule has 0 atom stereocenters. The Labute approximate surface area is 176 Å². The summed E-state index contributed by atoms with van der Waals surface area (Å²) in [6.07, 6.45) is -0.0113. The van der Waals surface area contributed by atoms with E-state index in [0.29, 0.717) is 6.07 Å². The van der Waals surface area contributed by atoms with E-state index in [2.05, 4.69) is 11.9 Å². The quantitative estimate of drug-likeness (QED) is 0.662. The molecule has 1 aliphatic rings. The Kier molecular flexibility index (Phi) is 6.35. The number of piperidine rings is 1. The second-order valence-corrected chi connectivity index (χ2v) is 7.48. The highest BCUT2D eigenvalue weighted by Crippen LogP contribution is 2.39. The Balaban J connectivity index is 1.85. The number of likely N-dealkylation sites (tertiary alicyclic amines) is 1. The van der Waals surface area contributed by atoms with E-state index in [4.69, 9.17) is 0 Å². The molecule has 0 aromatic heterocycles. The molecule has 3 rings (SSSR count). The smallest absolute Gasteiger partial charge is 0.314 e. The maximum Gasteiger partial charge on any atom is 0.314 e. The first-order chi connectivity index (χ1) is 14.5. The maximum atomic E-state index is 15.0. The number of rotatable bonds is 5. The van der Waals surface area contributed by atoms with Crippen LogP contribution in [-0.2, 0) is 5.92 Å². The van der Waals surface area contributed by atoms with Gasteiger partial charge in [0.05, 0.1) is 17.4 Å². The SMILES string of the molecule is C=C(N1CCC(O)CC1)C(F)(F)c1cc(C(=O)Nc2cc(C)c(F)c(F)c2)ccc1F. The lowest BCUT2D eigenvalue weighted by Gasteiger charge is -2.36. The van der Waals surface area contributed by atoms with Gasteiger partial charge in [-0.25, -0.2) is 13.2 Å². The minimum Gasteiger partial charge on any atom is -0.393 e. The molecule has 0 saturated carbocycles. The minimum atomic E-state index is -3.80. The molecule has 0 radical (unpaired) electrons. The van der Waals surface area contributed by atoms with Crippen molar-refractivity contribution >= 4 is 11.6 Å². The van der Waals surface area contributed by atoms with Gasteiger partial charge in [-0.1, -0.05) is 6.58 Å². The Morgan fingerprint density at radius 1 is 1.13 bits per heavy atom. The molecule has 0 bridgehead atoms. The van der Waals surface area contributed by atoms with Crippen LogP contribution in [0.5, 0.6) is 0 Å². The van der Waals surface area contributed by atoms with Crippen LogP contribution in [0, 0.1) is 24.4 Å². The molecule has 0 spiro atoms. The topological polar surface area (TPSA) is 52.6 Å². The van der Waals surface area contributed by atoms with Crippen LogP contribution in [0.1, 0.15) is 34.3 Å². The second kappa shape index (κ2) is 8.66. The number of benzene rings is 2. The lowest BCUT2D eigenvalue weighted by molar-refractivity contribution is -0.00882. The first-order valence-electron chi connectivity index (χ1n) is 9.58. The first kappa shape index (κ1) is 22.7. The number of alkyl halides is 2. The van der Waals surface area contributed by atoms with Gasteiger partial charge in [0.15, 0.2) is 11.6 Å². The number of anilines is 1. The molecule has 1 heterocycles. The Hall–Kier alpha value is -2.94. The third kappa shape index (κ3) is 4.71. The zero-order valence-electron chi connectivity index (χ0n) is 16.7. The van der Waals surface area contributed by atoms with Crippen LogP contribution >= 0.6 is 0 Å². The maximum absolute atomic E-state index is 15.0. The van der Waals surface area contributed by atoms with Crippen LogP contribution in [-0.4, -0.2) is 35.1 Å². The molecule has 2 N–H and O–H groups in total. The lowest BCUT2D eigenvalue weighted by atomic mass is 9.99. The molecule has 166 valence electrons. The highest BCUT2D eigenvalue weighted by atomic mass is 19.3. The second-order valence-electron chi connectivity index (χ2n) is 7.48. The number of hydrogen-bond donors (Lipinski definition) is 2. The largest absolute Gasteiger partial charge is 0.393 e. The molecule has 1 saturated heterocycles. The van der Waals surface area contributed by atoms with Gasteiger partial charge in [0, 0.05) is 30.4 Å². The molecule has 1 amide bonds. The zero-order chi connectivity index (χ0) is 22.9. The summed E-state index contributed by atoms with van der Waals surface area (Å²) >= 11 is 0. The molecule has 1 fully saturated rings. The van der Waals surface area contributed by atoms with Crippen molar-refractivity contribution in [2.24, 2.45) is 0 Å². The highest BCUT2D eigenvalue weighted by molar-refractivity contribution is 6.04. The summed E-state index contributed by atoms with van der Waals surface area (Å²) in [5.41, 5.74) is -2.08. The third-order valence-corrected chi connectivity index (χ3v) is 5.24. The first-order valence-corrected chi connectivity index (χ1v) is 9.58. The van der Waals surface area contributed by atoms with Crippen molar-refractivity contribution in [3.05, 3.63) is 76.7 Å². The number of halogens is 5. The van der Waals surface area contributed by atoms with Crippen LogP contribution in [0.3, 0.4) is 0 Å². The van der Waals surface area contributed by atoms with E-state index in [1.165, 1.54) is 17.9 Å². The van der Waals surface area contributed by atoms with Gasteiger partial charge in [0.2, 0.25) is 0 Å². The fourth-order valence-electron chi connectivity index (χ4n) is 3.40.